The second-order valence-electron chi connectivity index (χ2n) is 24.9. The van der Waals surface area contributed by atoms with Crippen LogP contribution in [0.1, 0.15) is 103 Å². The summed E-state index contributed by atoms with van der Waals surface area (Å²) in [6, 6.07) is 62.6. The van der Waals surface area contributed by atoms with Crippen molar-refractivity contribution in [1.82, 2.24) is 59.6 Å². The number of carbonyl (C=O) groups is 5. The molecule has 0 unspecified atom stereocenters. The van der Waals surface area contributed by atoms with Crippen LogP contribution in [0.4, 0.5) is 8.78 Å². The van der Waals surface area contributed by atoms with Crippen molar-refractivity contribution in [2.45, 2.75) is 58.8 Å². The van der Waals surface area contributed by atoms with Crippen molar-refractivity contribution in [3.8, 4) is 57.5 Å². The van der Waals surface area contributed by atoms with E-state index in [1.54, 1.807) is 226 Å². The molecule has 0 saturated heterocycles. The van der Waals surface area contributed by atoms with Gasteiger partial charge in [0.15, 0.2) is 34.7 Å². The van der Waals surface area contributed by atoms with Crippen LogP contribution in [-0.4, -0.2) is 88.5 Å². The third-order valence-electron chi connectivity index (χ3n) is 15.8. The number of carbonyl (C=O) groups excluding carboxylic acids is 5. The first-order valence-electron chi connectivity index (χ1n) is 35.3. The molecule has 5 aromatic carbocycles. The molecule has 22 nitrogen and oxygen atoms in total. The third-order valence-corrected chi connectivity index (χ3v) is 17.4. The molecule has 0 fully saturated rings. The molecule has 15 rings (SSSR count). The number of hydrogen-bond donors (Lipinski definition) is 0. The quantitative estimate of drug-likeness (QED) is 0.0455. The predicted octanol–water partition coefficient (Wildman–Crippen LogP) is 19.1. The molecule has 0 saturated carbocycles. The number of alkyl halides is 2. The first-order chi connectivity index (χ1) is 55.3. The van der Waals surface area contributed by atoms with E-state index in [2.05, 4.69) is 54.9 Å². The van der Waals surface area contributed by atoms with Gasteiger partial charge in [0.05, 0.1) is 56.7 Å². The standard InChI is InChI=1S/2C19H16N2O2.C18H14F2N2O2S.C16H14N4O2.C16H12N2O2S/c1-14-5-2-7-16(21-14)12-19(22)15-6-3-8-17(11-15)23-18-9-4-10-20-13-18;1-14-10-15(7-9-21-14)11-19(22)16-4-2-5-17(12-16)23-18-6-3-8-20-13-18;1-18(19,20)16-11-25-17(22-16)9-15(23)12-4-2-5-13(8-12)24-14-6-3-7-21-10-14;1-20-11-18-16(19-20)9-15(21)12-4-2-5-13(8-12)22-14-6-3-7-17-10-14;19-15(10-16-18-7-8-21-16)12-3-1-4-13(9-12)20-14-5-2-6-17-11-14/h2-11,13H,12H2,1H3;2-10,12-13H,11H2,1H3;2-8,10-11H,9H2,1H3;2-8,10-11H,9H2,1H3;1-9,11H,10H2. The summed E-state index contributed by atoms with van der Waals surface area (Å²) in [5.41, 5.74) is 6.08. The van der Waals surface area contributed by atoms with Gasteiger partial charge in [-0.1, -0.05) is 66.7 Å². The number of halogens is 2. The Hall–Kier alpha value is -14.2. The van der Waals surface area contributed by atoms with E-state index < -0.39 is 5.92 Å². The molecular formula is C88H72F2N12O10S2. The van der Waals surface area contributed by atoms with E-state index in [0.717, 1.165) is 45.9 Å². The van der Waals surface area contributed by atoms with Gasteiger partial charge < -0.3 is 23.7 Å². The summed E-state index contributed by atoms with van der Waals surface area (Å²) in [6.07, 6.45) is 22.5. The highest BCUT2D eigenvalue weighted by Crippen LogP contribution is 2.31. The van der Waals surface area contributed by atoms with Crippen molar-refractivity contribution in [3.05, 3.63) is 376 Å². The summed E-state index contributed by atoms with van der Waals surface area (Å²) < 4.78 is 56.4. The fourth-order valence-electron chi connectivity index (χ4n) is 10.5. The van der Waals surface area contributed by atoms with Crippen molar-refractivity contribution in [3.63, 3.8) is 0 Å². The van der Waals surface area contributed by atoms with Crippen LogP contribution in [0.2, 0.25) is 0 Å². The molecule has 0 N–H and O–H groups in total. The van der Waals surface area contributed by atoms with Gasteiger partial charge in [-0.15, -0.1) is 22.7 Å². The SMILES string of the molecule is CC(F)(F)c1csc(CC(=O)c2cccc(Oc3cccnc3)c2)n1.Cc1cc(CC(=O)c2cccc(Oc3cccnc3)c2)ccn1.Cc1cccc(CC(=O)c2cccc(Oc3cccnc3)c2)n1.Cn1cnc(CC(=O)c2cccc(Oc3cccnc3)c2)n1.O=C(Cc1nccs1)c1cccc(Oc2cccnc2)c1. The second kappa shape index (κ2) is 41.0. The van der Waals surface area contributed by atoms with E-state index >= 15 is 0 Å². The van der Waals surface area contributed by atoms with Gasteiger partial charge in [-0.25, -0.2) is 15.0 Å². The van der Waals surface area contributed by atoms with Gasteiger partial charge in [0.1, 0.15) is 79.5 Å². The van der Waals surface area contributed by atoms with E-state index in [1.807, 2.05) is 98.1 Å². The highest BCUT2D eigenvalue weighted by atomic mass is 32.1. The number of aromatic nitrogens is 12. The van der Waals surface area contributed by atoms with Gasteiger partial charge in [-0.3, -0.25) is 63.5 Å². The molecule has 0 aliphatic heterocycles. The van der Waals surface area contributed by atoms with Gasteiger partial charge in [-0.05, 0) is 165 Å². The Balaban J connectivity index is 0.000000141. The van der Waals surface area contributed by atoms with Crippen molar-refractivity contribution in [2.24, 2.45) is 7.05 Å². The number of Topliss-reactive ketones (excluding diaryl/α,β-unsaturated/α-hetero) is 5. The van der Waals surface area contributed by atoms with Crippen molar-refractivity contribution in [2.75, 3.05) is 0 Å². The number of hydrogen-bond acceptors (Lipinski definition) is 23. The molecule has 26 heteroatoms. The summed E-state index contributed by atoms with van der Waals surface area (Å²) >= 11 is 2.54. The van der Waals surface area contributed by atoms with Gasteiger partial charge >= 0.3 is 0 Å². The number of ether oxygens (including phenoxy) is 5. The van der Waals surface area contributed by atoms with E-state index in [0.29, 0.717) is 109 Å². The predicted molar refractivity (Wildman–Crippen MR) is 427 cm³/mol. The summed E-state index contributed by atoms with van der Waals surface area (Å²) in [6.45, 7) is 4.61. The van der Waals surface area contributed by atoms with Crippen LogP contribution in [0, 0.1) is 13.8 Å². The Labute approximate surface area is 663 Å². The third kappa shape index (κ3) is 26.2. The summed E-state index contributed by atoms with van der Waals surface area (Å²) in [5.74, 6) is 3.37. The molecule has 0 atom stereocenters. The average molecular weight is 1560 g/mol. The highest BCUT2D eigenvalue weighted by Gasteiger charge is 2.28. The Morgan fingerprint density at radius 1 is 0.377 bits per heavy atom. The minimum atomic E-state index is -3.00. The zero-order valence-electron chi connectivity index (χ0n) is 61.9. The lowest BCUT2D eigenvalue weighted by molar-refractivity contribution is 0.0132. The largest absolute Gasteiger partial charge is 0.456 e. The maximum Gasteiger partial charge on any atom is 0.287 e. The Bertz CT molecular complexity index is 5490. The lowest BCUT2D eigenvalue weighted by Crippen LogP contribution is -2.08. The van der Waals surface area contributed by atoms with E-state index in [4.69, 9.17) is 23.7 Å². The Morgan fingerprint density at radius 2 is 0.763 bits per heavy atom. The maximum absolute atomic E-state index is 13.2. The fraction of sp³-hybridized carbons (Fsp3) is 0.114. The second-order valence-corrected chi connectivity index (χ2v) is 26.9. The molecule has 570 valence electrons. The van der Waals surface area contributed by atoms with Crippen molar-refractivity contribution in [1.29, 1.82) is 0 Å². The van der Waals surface area contributed by atoms with Crippen LogP contribution in [0.15, 0.2) is 304 Å². The van der Waals surface area contributed by atoms with Gasteiger partial charge in [0.2, 0.25) is 0 Å². The number of rotatable bonds is 26. The molecule has 114 heavy (non-hydrogen) atoms. The topological polar surface area (TPSA) is 278 Å². The Morgan fingerprint density at radius 3 is 1.11 bits per heavy atom. The summed E-state index contributed by atoms with van der Waals surface area (Å²) in [4.78, 5) is 102. The molecule has 10 aromatic heterocycles. The van der Waals surface area contributed by atoms with Crippen LogP contribution in [0.25, 0.3) is 0 Å². The number of pyridine rings is 7. The zero-order chi connectivity index (χ0) is 79.9. The fourth-order valence-corrected chi connectivity index (χ4v) is 12.0. The van der Waals surface area contributed by atoms with Crippen LogP contribution >= 0.6 is 22.7 Å². The van der Waals surface area contributed by atoms with E-state index in [-0.39, 0.29) is 53.9 Å². The molecule has 10 heterocycles. The molecule has 0 aliphatic carbocycles. The van der Waals surface area contributed by atoms with Crippen LogP contribution < -0.4 is 23.7 Å². The van der Waals surface area contributed by atoms with Crippen LogP contribution in [-0.2, 0) is 45.1 Å². The minimum Gasteiger partial charge on any atom is -0.456 e. The van der Waals surface area contributed by atoms with Gasteiger partial charge in [0.25, 0.3) is 5.92 Å². The number of thiazole rings is 2. The molecule has 15 aromatic rings. The molecule has 0 spiro atoms. The lowest BCUT2D eigenvalue weighted by Gasteiger charge is -2.07. The molecule has 0 amide bonds. The number of ketones is 5. The van der Waals surface area contributed by atoms with E-state index in [9.17, 15) is 32.8 Å². The summed E-state index contributed by atoms with van der Waals surface area (Å²) in [5, 5.41) is 8.44. The first kappa shape index (κ1) is 80.8. The summed E-state index contributed by atoms with van der Waals surface area (Å²) in [7, 11) is 1.77. The maximum atomic E-state index is 13.2. The average Bonchev–Trinajstić information content (AvgIpc) is 1.60. The zero-order valence-corrected chi connectivity index (χ0v) is 63.6. The van der Waals surface area contributed by atoms with Gasteiger partial charge in [0, 0.05) is 119 Å². The highest BCUT2D eigenvalue weighted by molar-refractivity contribution is 7.10. The van der Waals surface area contributed by atoms with Crippen LogP contribution in [0.5, 0.6) is 57.5 Å². The Kier molecular flexibility index (Phi) is 29.0. The lowest BCUT2D eigenvalue weighted by atomic mass is 10.0. The molecular weight excluding hydrogens is 1490 g/mol. The van der Waals surface area contributed by atoms with Crippen molar-refractivity contribution < 1.29 is 56.4 Å². The number of nitrogens with zero attached hydrogens (tertiary/aromatic N) is 12. The number of benzene rings is 5. The minimum absolute atomic E-state index is 0.0136. The van der Waals surface area contributed by atoms with Gasteiger partial charge in [-0.2, -0.15) is 13.9 Å². The normalized spacial score (nSPS) is 10.5. The smallest absolute Gasteiger partial charge is 0.287 e. The molecule has 0 bridgehead atoms. The molecule has 0 aliphatic rings. The van der Waals surface area contributed by atoms with Crippen LogP contribution in [0.3, 0.4) is 0 Å². The number of aryl methyl sites for hydroxylation is 3. The first-order valence-corrected chi connectivity index (χ1v) is 37.1. The monoisotopic (exact) mass is 1560 g/mol. The molecule has 0 radical (unpaired) electrons. The van der Waals surface area contributed by atoms with Crippen molar-refractivity contribution >= 4 is 51.6 Å². The van der Waals surface area contributed by atoms with E-state index in [1.165, 1.54) is 16.7 Å².